The van der Waals surface area contributed by atoms with E-state index in [2.05, 4.69) is 5.32 Å². The van der Waals surface area contributed by atoms with Crippen molar-refractivity contribution in [3.63, 3.8) is 0 Å². The number of aromatic hydroxyl groups is 1. The van der Waals surface area contributed by atoms with Gasteiger partial charge in [-0.1, -0.05) is 41.9 Å². The van der Waals surface area contributed by atoms with Crippen LogP contribution in [0.4, 0.5) is 10.5 Å². The molecule has 4 nitrogen and oxygen atoms in total. The summed E-state index contributed by atoms with van der Waals surface area (Å²) in [6, 6.07) is 12.3. The summed E-state index contributed by atoms with van der Waals surface area (Å²) in [5, 5.41) is 12.6. The second-order valence-corrected chi connectivity index (χ2v) is 4.71. The number of nitrogens with one attached hydrogen (secondary N) is 1. The van der Waals surface area contributed by atoms with Crippen LogP contribution in [-0.4, -0.2) is 11.2 Å². The van der Waals surface area contributed by atoms with Crippen LogP contribution in [0.1, 0.15) is 11.1 Å². The van der Waals surface area contributed by atoms with E-state index in [0.29, 0.717) is 5.02 Å². The third-order valence-corrected chi connectivity index (χ3v) is 3.13. The van der Waals surface area contributed by atoms with Gasteiger partial charge in [0.25, 0.3) is 0 Å². The van der Waals surface area contributed by atoms with E-state index in [1.807, 2.05) is 30.3 Å². The molecule has 0 aromatic heterocycles. The van der Waals surface area contributed by atoms with Crippen molar-refractivity contribution in [3.8, 4) is 5.75 Å². The summed E-state index contributed by atoms with van der Waals surface area (Å²) in [6.45, 7) is 1.92. The number of hydrogen-bond acceptors (Lipinski definition) is 3. The highest BCUT2D eigenvalue weighted by atomic mass is 35.5. The third-order valence-electron chi connectivity index (χ3n) is 2.73. The molecule has 0 fully saturated rings. The van der Waals surface area contributed by atoms with Crippen molar-refractivity contribution in [3.05, 3.63) is 58.6 Å². The molecule has 0 saturated heterocycles. The first-order valence-corrected chi connectivity index (χ1v) is 6.41. The Morgan fingerprint density at radius 2 is 2.00 bits per heavy atom. The van der Waals surface area contributed by atoms with Gasteiger partial charge in [0.15, 0.2) is 0 Å². The summed E-state index contributed by atoms with van der Waals surface area (Å²) < 4.78 is 5.05. The van der Waals surface area contributed by atoms with Gasteiger partial charge in [0.1, 0.15) is 12.4 Å². The summed E-state index contributed by atoms with van der Waals surface area (Å²) in [7, 11) is 0. The first-order chi connectivity index (χ1) is 9.56. The fourth-order valence-electron chi connectivity index (χ4n) is 1.64. The van der Waals surface area contributed by atoms with E-state index < -0.39 is 6.09 Å². The zero-order chi connectivity index (χ0) is 14.5. The number of hydrogen-bond donors (Lipinski definition) is 2. The molecule has 0 atom stereocenters. The van der Waals surface area contributed by atoms with Gasteiger partial charge >= 0.3 is 6.09 Å². The quantitative estimate of drug-likeness (QED) is 0.837. The Morgan fingerprint density at radius 3 is 2.70 bits per heavy atom. The van der Waals surface area contributed by atoms with Crippen LogP contribution in [0.2, 0.25) is 5.02 Å². The van der Waals surface area contributed by atoms with Crippen LogP contribution < -0.4 is 5.32 Å². The van der Waals surface area contributed by atoms with Crippen molar-refractivity contribution in [2.75, 3.05) is 5.32 Å². The van der Waals surface area contributed by atoms with E-state index in [-0.39, 0.29) is 18.0 Å². The number of phenols is 1. The molecule has 0 saturated carbocycles. The first-order valence-electron chi connectivity index (χ1n) is 6.03. The van der Waals surface area contributed by atoms with Crippen LogP contribution in [0.3, 0.4) is 0 Å². The second kappa shape index (κ2) is 6.30. The van der Waals surface area contributed by atoms with Crippen molar-refractivity contribution < 1.29 is 14.6 Å². The highest BCUT2D eigenvalue weighted by Crippen LogP contribution is 2.29. The van der Waals surface area contributed by atoms with E-state index >= 15 is 0 Å². The number of benzene rings is 2. The van der Waals surface area contributed by atoms with Gasteiger partial charge in [-0.15, -0.1) is 0 Å². The second-order valence-electron chi connectivity index (χ2n) is 4.31. The fourth-order valence-corrected chi connectivity index (χ4v) is 1.80. The molecule has 2 rings (SSSR count). The molecule has 104 valence electrons. The zero-order valence-corrected chi connectivity index (χ0v) is 11.6. The van der Waals surface area contributed by atoms with Gasteiger partial charge in [-0.25, -0.2) is 4.79 Å². The minimum absolute atomic E-state index is 0.0523. The molecule has 0 unspecified atom stereocenters. The van der Waals surface area contributed by atoms with Gasteiger partial charge < -0.3 is 9.84 Å². The SMILES string of the molecule is Cc1cc(O)c(NC(=O)OCc2ccccc2)cc1Cl. The Bertz CT molecular complexity index is 614. The topological polar surface area (TPSA) is 58.6 Å². The highest BCUT2D eigenvalue weighted by Gasteiger charge is 2.10. The Labute approximate surface area is 122 Å². The van der Waals surface area contributed by atoms with Gasteiger partial charge in [-0.05, 0) is 30.2 Å². The predicted molar refractivity (Wildman–Crippen MR) is 78.1 cm³/mol. The van der Waals surface area contributed by atoms with Gasteiger partial charge in [0.2, 0.25) is 0 Å². The molecule has 0 aliphatic heterocycles. The Kier molecular flexibility index (Phi) is 4.48. The smallest absolute Gasteiger partial charge is 0.412 e. The number of phenolic OH excluding ortho intramolecular Hbond substituents is 1. The third kappa shape index (κ3) is 3.65. The molecular formula is C15H14ClNO3. The molecule has 0 aliphatic carbocycles. The van der Waals surface area contributed by atoms with Crippen LogP contribution >= 0.6 is 11.6 Å². The normalized spacial score (nSPS) is 10.1. The summed E-state index contributed by atoms with van der Waals surface area (Å²) in [5.74, 6) is -0.0523. The number of aryl methyl sites for hydroxylation is 1. The summed E-state index contributed by atoms with van der Waals surface area (Å²) >= 11 is 5.94. The maximum atomic E-state index is 11.6. The summed E-state index contributed by atoms with van der Waals surface area (Å²) in [5.41, 5.74) is 1.83. The molecule has 0 spiro atoms. The Morgan fingerprint density at radius 1 is 1.30 bits per heavy atom. The average Bonchev–Trinajstić information content (AvgIpc) is 2.44. The highest BCUT2D eigenvalue weighted by molar-refractivity contribution is 6.31. The standard InChI is InChI=1S/C15H14ClNO3/c1-10-7-14(18)13(8-12(10)16)17-15(19)20-9-11-5-3-2-4-6-11/h2-8,18H,9H2,1H3,(H,17,19). The van der Waals surface area contributed by atoms with E-state index in [1.54, 1.807) is 6.92 Å². The molecule has 5 heteroatoms. The van der Waals surface area contributed by atoms with Crippen molar-refractivity contribution in [1.29, 1.82) is 0 Å². The lowest BCUT2D eigenvalue weighted by Crippen LogP contribution is -2.13. The van der Waals surface area contributed by atoms with Crippen molar-refractivity contribution in [1.82, 2.24) is 0 Å². The lowest BCUT2D eigenvalue weighted by molar-refractivity contribution is 0.155. The lowest BCUT2D eigenvalue weighted by atomic mass is 10.2. The predicted octanol–water partition coefficient (Wildman–Crippen LogP) is 4.10. The van der Waals surface area contributed by atoms with Crippen molar-refractivity contribution in [2.24, 2.45) is 0 Å². The number of rotatable bonds is 3. The molecule has 2 aromatic carbocycles. The monoisotopic (exact) mass is 291 g/mol. The van der Waals surface area contributed by atoms with E-state index in [1.165, 1.54) is 12.1 Å². The molecule has 1 amide bonds. The number of amides is 1. The summed E-state index contributed by atoms with van der Waals surface area (Å²) in [6.07, 6.45) is -0.649. The van der Waals surface area contributed by atoms with Crippen LogP contribution in [0.15, 0.2) is 42.5 Å². The lowest BCUT2D eigenvalue weighted by Gasteiger charge is -2.10. The molecular weight excluding hydrogens is 278 g/mol. The van der Waals surface area contributed by atoms with Gasteiger partial charge in [-0.2, -0.15) is 0 Å². The van der Waals surface area contributed by atoms with Crippen molar-refractivity contribution >= 4 is 23.4 Å². The number of carbonyl (C=O) groups is 1. The Balaban J connectivity index is 1.97. The Hall–Kier alpha value is -2.20. The van der Waals surface area contributed by atoms with Gasteiger partial charge in [0, 0.05) is 5.02 Å². The summed E-state index contributed by atoms with van der Waals surface area (Å²) in [4.78, 5) is 11.6. The van der Waals surface area contributed by atoms with Crippen LogP contribution in [0.25, 0.3) is 0 Å². The van der Waals surface area contributed by atoms with Crippen molar-refractivity contribution in [2.45, 2.75) is 13.5 Å². The molecule has 20 heavy (non-hydrogen) atoms. The number of halogens is 1. The number of carbonyl (C=O) groups excluding carboxylic acids is 1. The largest absolute Gasteiger partial charge is 0.506 e. The van der Waals surface area contributed by atoms with Crippen LogP contribution in [-0.2, 0) is 11.3 Å². The zero-order valence-electron chi connectivity index (χ0n) is 10.9. The van der Waals surface area contributed by atoms with Gasteiger partial charge in [0.05, 0.1) is 5.69 Å². The molecule has 2 N–H and O–H groups in total. The van der Waals surface area contributed by atoms with Crippen LogP contribution in [0, 0.1) is 6.92 Å². The minimum atomic E-state index is -0.649. The molecule has 0 heterocycles. The number of anilines is 1. The number of ether oxygens (including phenoxy) is 1. The maximum absolute atomic E-state index is 11.6. The molecule has 2 aromatic rings. The van der Waals surface area contributed by atoms with E-state index in [0.717, 1.165) is 11.1 Å². The van der Waals surface area contributed by atoms with E-state index in [9.17, 15) is 9.90 Å². The van der Waals surface area contributed by atoms with E-state index in [4.69, 9.17) is 16.3 Å². The maximum Gasteiger partial charge on any atom is 0.412 e. The minimum Gasteiger partial charge on any atom is -0.506 e. The first kappa shape index (κ1) is 14.2. The average molecular weight is 292 g/mol. The molecule has 0 radical (unpaired) electrons. The molecule has 0 bridgehead atoms. The fraction of sp³-hybridized carbons (Fsp3) is 0.133. The van der Waals surface area contributed by atoms with Crippen LogP contribution in [0.5, 0.6) is 5.75 Å². The molecule has 0 aliphatic rings. The van der Waals surface area contributed by atoms with Gasteiger partial charge in [-0.3, -0.25) is 5.32 Å².